The Labute approximate surface area is 279 Å². The van der Waals surface area contributed by atoms with Gasteiger partial charge in [0.2, 0.25) is 0 Å². The molecular weight excluding hydrogens is 608 g/mol. The minimum atomic E-state index is -1.08. The maximum atomic E-state index is 13.2. The van der Waals surface area contributed by atoms with Gasteiger partial charge < -0.3 is 25.6 Å². The highest BCUT2D eigenvalue weighted by molar-refractivity contribution is 5.84. The van der Waals surface area contributed by atoms with Gasteiger partial charge in [-0.05, 0) is 98.0 Å². The van der Waals surface area contributed by atoms with Gasteiger partial charge in [-0.2, -0.15) is 5.10 Å². The van der Waals surface area contributed by atoms with Crippen LogP contribution in [0.1, 0.15) is 53.9 Å². The number of aryl methyl sites for hydroxylation is 1. The maximum absolute atomic E-state index is 13.2. The number of aromatic nitrogens is 3. The summed E-state index contributed by atoms with van der Waals surface area (Å²) in [5.41, 5.74) is 5.47. The van der Waals surface area contributed by atoms with Gasteiger partial charge in [-0.15, -0.1) is 0 Å². The number of carbonyl (C=O) groups is 2. The van der Waals surface area contributed by atoms with E-state index in [0.29, 0.717) is 32.0 Å². The van der Waals surface area contributed by atoms with Gasteiger partial charge in [-0.3, -0.25) is 19.7 Å². The Balaban J connectivity index is 0.950. The fourth-order valence-electron chi connectivity index (χ4n) is 7.92. The van der Waals surface area contributed by atoms with E-state index in [2.05, 4.69) is 47.7 Å². The van der Waals surface area contributed by atoms with Crippen molar-refractivity contribution in [1.82, 2.24) is 40.5 Å². The number of amides is 2. The fraction of sp³-hybridized carbons (Fsp3) is 0.500. The van der Waals surface area contributed by atoms with Crippen LogP contribution in [-0.4, -0.2) is 111 Å². The van der Waals surface area contributed by atoms with E-state index < -0.39 is 18.0 Å². The first kappa shape index (κ1) is 32.3. The average molecular weight is 655 g/mol. The van der Waals surface area contributed by atoms with Gasteiger partial charge in [0.25, 0.3) is 5.56 Å². The molecule has 7 rings (SSSR count). The van der Waals surface area contributed by atoms with Crippen molar-refractivity contribution in [2.75, 3.05) is 52.4 Å². The molecule has 3 fully saturated rings. The molecule has 0 aliphatic carbocycles. The third kappa shape index (κ3) is 7.11. The zero-order valence-corrected chi connectivity index (χ0v) is 27.6. The molecule has 0 saturated carbocycles. The van der Waals surface area contributed by atoms with Crippen LogP contribution in [0.4, 0.5) is 4.79 Å². The molecular formula is C36H46N8O4. The zero-order valence-electron chi connectivity index (χ0n) is 27.6. The Morgan fingerprint density at radius 1 is 0.958 bits per heavy atom. The minimum absolute atomic E-state index is 0.0230. The van der Waals surface area contributed by atoms with Crippen LogP contribution in [0.3, 0.4) is 0 Å². The molecule has 0 bridgehead atoms. The number of hydrogen-bond donors (Lipinski definition) is 5. The van der Waals surface area contributed by atoms with Crippen molar-refractivity contribution in [1.29, 1.82) is 0 Å². The first-order valence-corrected chi connectivity index (χ1v) is 17.3. The number of piperidine rings is 2. The molecule has 5 N–H and O–H groups in total. The molecule has 254 valence electrons. The lowest BCUT2D eigenvalue weighted by atomic mass is 9.89. The summed E-state index contributed by atoms with van der Waals surface area (Å²) in [7, 11) is 0. The number of rotatable bonds is 8. The Morgan fingerprint density at radius 2 is 1.71 bits per heavy atom. The van der Waals surface area contributed by atoms with Crippen molar-refractivity contribution in [2.24, 2.45) is 0 Å². The van der Waals surface area contributed by atoms with Gasteiger partial charge >= 0.3 is 12.0 Å². The quantitative estimate of drug-likeness (QED) is 0.195. The van der Waals surface area contributed by atoms with E-state index in [1.165, 1.54) is 18.4 Å². The first-order chi connectivity index (χ1) is 23.3. The highest BCUT2D eigenvalue weighted by Crippen LogP contribution is 2.28. The third-order valence-electron chi connectivity index (χ3n) is 10.6. The Kier molecular flexibility index (Phi) is 9.47. The Morgan fingerprint density at radius 3 is 2.46 bits per heavy atom. The number of carboxylic acids is 1. The number of carbonyl (C=O) groups excluding carboxylic acids is 1. The molecule has 2 aromatic carbocycles. The predicted octanol–water partition coefficient (Wildman–Crippen LogP) is 3.17. The molecule has 12 heteroatoms. The van der Waals surface area contributed by atoms with E-state index in [-0.39, 0.29) is 17.9 Å². The van der Waals surface area contributed by atoms with Crippen LogP contribution in [0.5, 0.6) is 0 Å². The van der Waals surface area contributed by atoms with Crippen LogP contribution in [0.2, 0.25) is 0 Å². The lowest BCUT2D eigenvalue weighted by molar-refractivity contribution is -0.139. The highest BCUT2D eigenvalue weighted by Gasteiger charge is 2.29. The fourth-order valence-corrected chi connectivity index (χ4v) is 7.92. The van der Waals surface area contributed by atoms with Crippen LogP contribution in [-0.2, 0) is 17.8 Å². The molecule has 0 spiro atoms. The summed E-state index contributed by atoms with van der Waals surface area (Å²) in [4.78, 5) is 48.4. The SMILES string of the molecule is Cc1cc(C[C@@H](NC(=O)N2CCC(c3cc4cc(CN5CCC(N6CCNCC6)CC5)ccc4[nH]c3=O)CC2)C(=O)O)cc2cn[nH]c12. The van der Waals surface area contributed by atoms with E-state index in [4.69, 9.17) is 0 Å². The van der Waals surface area contributed by atoms with Crippen LogP contribution >= 0.6 is 0 Å². The second-order valence-corrected chi connectivity index (χ2v) is 13.8. The van der Waals surface area contributed by atoms with Gasteiger partial charge in [0.1, 0.15) is 6.04 Å². The van der Waals surface area contributed by atoms with Gasteiger partial charge in [0, 0.05) is 74.7 Å². The smallest absolute Gasteiger partial charge is 0.326 e. The molecule has 4 aromatic rings. The van der Waals surface area contributed by atoms with E-state index in [1.54, 1.807) is 11.1 Å². The van der Waals surface area contributed by atoms with Gasteiger partial charge in [-0.1, -0.05) is 12.1 Å². The summed E-state index contributed by atoms with van der Waals surface area (Å²) in [6.07, 6.45) is 5.57. The van der Waals surface area contributed by atoms with Crippen molar-refractivity contribution in [3.63, 3.8) is 0 Å². The van der Waals surface area contributed by atoms with Crippen LogP contribution in [0, 0.1) is 6.92 Å². The number of fused-ring (bicyclic) bond motifs is 2. The number of aromatic amines is 2. The molecule has 5 heterocycles. The summed E-state index contributed by atoms with van der Waals surface area (Å²) in [6, 6.07) is 11.5. The minimum Gasteiger partial charge on any atom is -0.480 e. The number of likely N-dealkylation sites (tertiary alicyclic amines) is 2. The standard InChI is InChI=1S/C36H46N8O4/c1-23-16-25(18-28-21-38-41-33(23)28)19-32(35(46)47)40-36(48)44-12-4-26(5-13-44)30-20-27-17-24(2-3-31(27)39-34(30)45)22-42-10-6-29(7-11-42)43-14-8-37-9-15-43/h2-3,16-18,20-21,26,29,32,37H,4-15,19,22H2,1H3,(H,38,41)(H,39,45)(H,40,48)(H,46,47)/t32-/m1/s1. The van der Waals surface area contributed by atoms with Gasteiger partial charge in [0.15, 0.2) is 0 Å². The number of aliphatic carboxylic acids is 1. The number of H-pyrrole nitrogens is 2. The molecule has 3 saturated heterocycles. The summed E-state index contributed by atoms with van der Waals surface area (Å²) in [6.45, 7) is 10.4. The number of urea groups is 1. The first-order valence-electron chi connectivity index (χ1n) is 17.3. The third-order valence-corrected chi connectivity index (χ3v) is 10.6. The predicted molar refractivity (Wildman–Crippen MR) is 185 cm³/mol. The average Bonchev–Trinajstić information content (AvgIpc) is 3.58. The number of benzene rings is 2. The number of hydrogen-bond acceptors (Lipinski definition) is 7. The molecule has 1 atom stereocenters. The van der Waals surface area contributed by atoms with Crippen LogP contribution in [0.15, 0.2) is 47.4 Å². The zero-order chi connectivity index (χ0) is 33.2. The van der Waals surface area contributed by atoms with E-state index in [0.717, 1.165) is 84.3 Å². The summed E-state index contributed by atoms with van der Waals surface area (Å²) in [5, 5.41) is 25.1. The monoisotopic (exact) mass is 654 g/mol. The normalized spacial score (nSPS) is 19.6. The molecule has 12 nitrogen and oxygen atoms in total. The van der Waals surface area contributed by atoms with Gasteiger partial charge in [-0.25, -0.2) is 9.59 Å². The molecule has 0 radical (unpaired) electrons. The second-order valence-electron chi connectivity index (χ2n) is 13.8. The molecule has 2 amide bonds. The van der Waals surface area contributed by atoms with Crippen molar-refractivity contribution < 1.29 is 14.7 Å². The Bertz CT molecular complexity index is 1830. The van der Waals surface area contributed by atoms with E-state index in [1.807, 2.05) is 31.2 Å². The Hall–Kier alpha value is -4.26. The maximum Gasteiger partial charge on any atom is 0.326 e. The number of pyridine rings is 1. The topological polar surface area (TPSA) is 150 Å². The van der Waals surface area contributed by atoms with Crippen LogP contribution in [0.25, 0.3) is 21.8 Å². The molecule has 2 aromatic heterocycles. The van der Waals surface area contributed by atoms with E-state index in [9.17, 15) is 19.5 Å². The largest absolute Gasteiger partial charge is 0.480 e. The van der Waals surface area contributed by atoms with Crippen molar-refractivity contribution >= 4 is 33.8 Å². The highest BCUT2D eigenvalue weighted by atomic mass is 16.4. The van der Waals surface area contributed by atoms with Crippen molar-refractivity contribution in [2.45, 2.75) is 63.6 Å². The summed E-state index contributed by atoms with van der Waals surface area (Å²) < 4.78 is 0. The number of nitrogens with one attached hydrogen (secondary N) is 4. The molecule has 48 heavy (non-hydrogen) atoms. The van der Waals surface area contributed by atoms with Gasteiger partial charge in [0.05, 0.1) is 11.7 Å². The number of piperazine rings is 1. The number of carboxylic acid groups (broad SMARTS) is 1. The summed E-state index contributed by atoms with van der Waals surface area (Å²) >= 11 is 0. The van der Waals surface area contributed by atoms with Crippen molar-refractivity contribution in [3.05, 3.63) is 75.2 Å². The molecule has 3 aliphatic heterocycles. The lowest BCUT2D eigenvalue weighted by Crippen LogP contribution is -2.51. The lowest BCUT2D eigenvalue weighted by Gasteiger charge is -2.40. The van der Waals surface area contributed by atoms with Crippen molar-refractivity contribution in [3.8, 4) is 0 Å². The van der Waals surface area contributed by atoms with E-state index >= 15 is 0 Å². The summed E-state index contributed by atoms with van der Waals surface area (Å²) in [5.74, 6) is -1.06. The number of nitrogens with zero attached hydrogens (tertiary/aromatic N) is 4. The molecule has 0 unspecified atom stereocenters. The molecule has 3 aliphatic rings. The second kappa shape index (κ2) is 14.1. The van der Waals surface area contributed by atoms with Crippen LogP contribution < -0.4 is 16.2 Å².